The van der Waals surface area contributed by atoms with Gasteiger partial charge in [0.2, 0.25) is 0 Å². The molecule has 1 N–H and O–H groups in total. The summed E-state index contributed by atoms with van der Waals surface area (Å²) in [7, 11) is 3.16. The van der Waals surface area contributed by atoms with E-state index >= 15 is 0 Å². The molecule has 1 aromatic heterocycles. The van der Waals surface area contributed by atoms with Gasteiger partial charge in [-0.3, -0.25) is 13.9 Å². The maximum absolute atomic E-state index is 12.0. The number of nitrogens with one attached hydrogen (secondary N) is 1. The third kappa shape index (κ3) is 5.59. The molecule has 0 radical (unpaired) electrons. The van der Waals surface area contributed by atoms with Crippen molar-refractivity contribution in [3.8, 4) is 0 Å². The van der Waals surface area contributed by atoms with Crippen LogP contribution < -0.4 is 16.6 Å². The maximum atomic E-state index is 12.0. The molecular formula is C20H30N4O2. The zero-order valence-electron chi connectivity index (χ0n) is 16.1. The second kappa shape index (κ2) is 9.97. The molecule has 0 spiro atoms. The molecule has 0 unspecified atom stereocenters. The van der Waals surface area contributed by atoms with Gasteiger partial charge in [-0.2, -0.15) is 0 Å². The lowest BCUT2D eigenvalue weighted by Crippen LogP contribution is -2.38. The average molecular weight is 358 g/mol. The number of benzene rings is 1. The minimum Gasteiger partial charge on any atom is -0.370 e. The van der Waals surface area contributed by atoms with Crippen LogP contribution in [0.15, 0.2) is 46.0 Å². The molecule has 0 saturated heterocycles. The van der Waals surface area contributed by atoms with Crippen LogP contribution in [0.1, 0.15) is 25.3 Å². The molecule has 1 heterocycles. The molecule has 0 fully saturated rings. The van der Waals surface area contributed by atoms with Gasteiger partial charge in [0.1, 0.15) is 5.82 Å². The second-order valence-electron chi connectivity index (χ2n) is 6.63. The molecule has 6 heteroatoms. The predicted octanol–water partition coefficient (Wildman–Crippen LogP) is 1.84. The van der Waals surface area contributed by atoms with Crippen LogP contribution in [0.5, 0.6) is 0 Å². The van der Waals surface area contributed by atoms with Crippen molar-refractivity contribution in [3.05, 3.63) is 62.8 Å². The monoisotopic (exact) mass is 358 g/mol. The van der Waals surface area contributed by atoms with Gasteiger partial charge in [-0.1, -0.05) is 37.3 Å². The number of hydrogen-bond donors (Lipinski definition) is 1. The zero-order chi connectivity index (χ0) is 18.9. The van der Waals surface area contributed by atoms with Crippen molar-refractivity contribution in [3.63, 3.8) is 0 Å². The van der Waals surface area contributed by atoms with Gasteiger partial charge < -0.3 is 10.2 Å². The lowest BCUT2D eigenvalue weighted by Gasteiger charge is -2.22. The Morgan fingerprint density at radius 3 is 2.42 bits per heavy atom. The van der Waals surface area contributed by atoms with Crippen LogP contribution in [0.2, 0.25) is 0 Å². The largest absolute Gasteiger partial charge is 0.370 e. The molecule has 0 aliphatic carbocycles. The summed E-state index contributed by atoms with van der Waals surface area (Å²) in [5, 5.41) is 3.23. The van der Waals surface area contributed by atoms with E-state index in [1.807, 2.05) is 6.07 Å². The molecule has 2 aromatic rings. The van der Waals surface area contributed by atoms with Crippen molar-refractivity contribution < 1.29 is 0 Å². The molecule has 2 rings (SSSR count). The molecule has 142 valence electrons. The molecule has 26 heavy (non-hydrogen) atoms. The Morgan fingerprint density at radius 1 is 1.00 bits per heavy atom. The molecule has 0 saturated carbocycles. The molecule has 0 amide bonds. The van der Waals surface area contributed by atoms with Gasteiger partial charge in [0.15, 0.2) is 0 Å². The van der Waals surface area contributed by atoms with Crippen molar-refractivity contribution in [1.29, 1.82) is 0 Å². The van der Waals surface area contributed by atoms with E-state index in [-0.39, 0.29) is 11.2 Å². The van der Waals surface area contributed by atoms with Crippen molar-refractivity contribution >= 4 is 5.82 Å². The highest BCUT2D eigenvalue weighted by atomic mass is 16.2. The first-order valence-electron chi connectivity index (χ1n) is 9.30. The second-order valence-corrected chi connectivity index (χ2v) is 6.63. The Hall–Kier alpha value is -2.34. The van der Waals surface area contributed by atoms with Crippen LogP contribution in [0.25, 0.3) is 0 Å². The van der Waals surface area contributed by atoms with Gasteiger partial charge in [0, 0.05) is 33.3 Å². The SMILES string of the molecule is CCCN(CCCc1ccccc1)CCNc1cc(=O)n(C)c(=O)n1C. The number of aryl methyl sites for hydroxylation is 1. The van der Waals surface area contributed by atoms with E-state index in [0.717, 1.165) is 43.5 Å². The summed E-state index contributed by atoms with van der Waals surface area (Å²) in [6.07, 6.45) is 3.31. The topological polar surface area (TPSA) is 59.3 Å². The summed E-state index contributed by atoms with van der Waals surface area (Å²) in [5.41, 5.74) is 0.773. The van der Waals surface area contributed by atoms with Gasteiger partial charge in [-0.25, -0.2) is 4.79 Å². The Labute approximate surface area is 155 Å². The van der Waals surface area contributed by atoms with E-state index in [1.165, 1.54) is 23.2 Å². The van der Waals surface area contributed by atoms with E-state index in [1.54, 1.807) is 7.05 Å². The van der Waals surface area contributed by atoms with Crippen molar-refractivity contribution in [1.82, 2.24) is 14.0 Å². The fourth-order valence-electron chi connectivity index (χ4n) is 3.05. The highest BCUT2D eigenvalue weighted by Crippen LogP contribution is 2.04. The summed E-state index contributed by atoms with van der Waals surface area (Å²) < 4.78 is 2.58. The van der Waals surface area contributed by atoms with Crippen LogP contribution in [0, 0.1) is 0 Å². The molecule has 6 nitrogen and oxygen atoms in total. The Morgan fingerprint density at radius 2 is 1.73 bits per heavy atom. The first kappa shape index (κ1) is 20.0. The van der Waals surface area contributed by atoms with Crippen molar-refractivity contribution in [2.75, 3.05) is 31.5 Å². The Kier molecular flexibility index (Phi) is 7.66. The molecule has 0 aliphatic rings. The van der Waals surface area contributed by atoms with Gasteiger partial charge >= 0.3 is 5.69 Å². The first-order chi connectivity index (χ1) is 12.5. The predicted molar refractivity (Wildman–Crippen MR) is 107 cm³/mol. The average Bonchev–Trinajstić information content (AvgIpc) is 2.65. The number of anilines is 1. The third-order valence-corrected chi connectivity index (χ3v) is 4.58. The highest BCUT2D eigenvalue weighted by Gasteiger charge is 2.07. The third-order valence-electron chi connectivity index (χ3n) is 4.58. The lowest BCUT2D eigenvalue weighted by atomic mass is 10.1. The Bertz CT molecular complexity index is 796. The fourth-order valence-corrected chi connectivity index (χ4v) is 3.05. The number of rotatable bonds is 10. The normalized spacial score (nSPS) is 11.1. The maximum Gasteiger partial charge on any atom is 0.332 e. The van der Waals surface area contributed by atoms with Crippen molar-refractivity contribution in [2.45, 2.75) is 26.2 Å². The summed E-state index contributed by atoms with van der Waals surface area (Å²) in [6.45, 7) is 5.85. The van der Waals surface area contributed by atoms with E-state index in [4.69, 9.17) is 0 Å². The number of aromatic nitrogens is 2. The van der Waals surface area contributed by atoms with Crippen LogP contribution in [-0.2, 0) is 20.5 Å². The molecule has 1 aromatic carbocycles. The highest BCUT2D eigenvalue weighted by molar-refractivity contribution is 5.33. The van der Waals surface area contributed by atoms with Crippen LogP contribution >= 0.6 is 0 Å². The van der Waals surface area contributed by atoms with Crippen molar-refractivity contribution in [2.24, 2.45) is 14.1 Å². The standard InChI is InChI=1S/C20H30N4O2/c1-4-13-24(14-8-11-17-9-6-5-7-10-17)15-12-21-18-16-19(25)23(3)20(26)22(18)2/h5-7,9-10,16,21H,4,8,11-15H2,1-3H3. The summed E-state index contributed by atoms with van der Waals surface area (Å²) in [4.78, 5) is 26.2. The number of hydrogen-bond acceptors (Lipinski definition) is 4. The summed E-state index contributed by atoms with van der Waals surface area (Å²) in [6, 6.07) is 12.0. The molecule has 0 atom stereocenters. The van der Waals surface area contributed by atoms with Gasteiger partial charge in [-0.05, 0) is 37.9 Å². The van der Waals surface area contributed by atoms with Crippen LogP contribution in [-0.4, -0.2) is 40.2 Å². The zero-order valence-corrected chi connectivity index (χ0v) is 16.1. The minimum absolute atomic E-state index is 0.288. The molecule has 0 aliphatic heterocycles. The smallest absolute Gasteiger partial charge is 0.332 e. The minimum atomic E-state index is -0.312. The fraction of sp³-hybridized carbons (Fsp3) is 0.500. The first-order valence-corrected chi connectivity index (χ1v) is 9.30. The van der Waals surface area contributed by atoms with Gasteiger partial charge in [0.25, 0.3) is 5.56 Å². The summed E-state index contributed by atoms with van der Waals surface area (Å²) in [5.74, 6) is 0.568. The van der Waals surface area contributed by atoms with Gasteiger partial charge in [-0.15, -0.1) is 0 Å². The quantitative estimate of drug-likeness (QED) is 0.704. The van der Waals surface area contributed by atoms with E-state index in [0.29, 0.717) is 12.4 Å². The molecule has 0 bridgehead atoms. The van der Waals surface area contributed by atoms with Gasteiger partial charge in [0.05, 0.1) is 0 Å². The van der Waals surface area contributed by atoms with Crippen LogP contribution in [0.3, 0.4) is 0 Å². The summed E-state index contributed by atoms with van der Waals surface area (Å²) >= 11 is 0. The lowest BCUT2D eigenvalue weighted by molar-refractivity contribution is 0.281. The number of nitrogens with zero attached hydrogens (tertiary/aromatic N) is 3. The molecular weight excluding hydrogens is 328 g/mol. The van der Waals surface area contributed by atoms with E-state index in [9.17, 15) is 9.59 Å². The Balaban J connectivity index is 1.85. The van der Waals surface area contributed by atoms with E-state index in [2.05, 4.69) is 41.4 Å². The van der Waals surface area contributed by atoms with E-state index < -0.39 is 0 Å². The van der Waals surface area contributed by atoms with Crippen LogP contribution in [0.4, 0.5) is 5.82 Å².